The zero-order valence-corrected chi connectivity index (χ0v) is 8.42. The molecule has 0 aliphatic rings. The summed E-state index contributed by atoms with van der Waals surface area (Å²) in [5.41, 5.74) is 1.09. The molecule has 2 nitrogen and oxygen atoms in total. The van der Waals surface area contributed by atoms with Gasteiger partial charge in [0.15, 0.2) is 0 Å². The highest BCUT2D eigenvalue weighted by Crippen LogP contribution is 2.13. The largest absolute Gasteiger partial charge is 0.349 e. The average molecular weight is 195 g/mol. The number of thiol groups is 1. The molecule has 1 N–H and O–H groups in total. The van der Waals surface area contributed by atoms with Crippen molar-refractivity contribution in [2.75, 3.05) is 5.75 Å². The molecule has 13 heavy (non-hydrogen) atoms. The Hall–Kier alpha value is -0.960. The van der Waals surface area contributed by atoms with Gasteiger partial charge >= 0.3 is 0 Å². The number of benzene rings is 1. The standard InChI is InChI=1S/C10H13NOS/c1-8(12)11-10(7-13)9-5-3-2-4-6-9/h2-6,10,13H,7H2,1H3,(H,11,12). The Morgan fingerprint density at radius 1 is 1.46 bits per heavy atom. The van der Waals surface area contributed by atoms with Gasteiger partial charge in [-0.05, 0) is 5.56 Å². The molecule has 1 aromatic rings. The van der Waals surface area contributed by atoms with Crippen LogP contribution in [0.25, 0.3) is 0 Å². The number of carbonyl (C=O) groups excluding carboxylic acids is 1. The molecule has 1 amide bonds. The molecule has 0 aliphatic heterocycles. The lowest BCUT2D eigenvalue weighted by Crippen LogP contribution is -2.27. The van der Waals surface area contributed by atoms with E-state index in [0.29, 0.717) is 5.75 Å². The number of carbonyl (C=O) groups is 1. The summed E-state index contributed by atoms with van der Waals surface area (Å²) >= 11 is 4.19. The highest BCUT2D eigenvalue weighted by atomic mass is 32.1. The third-order valence-corrected chi connectivity index (χ3v) is 2.13. The third-order valence-electron chi connectivity index (χ3n) is 1.76. The zero-order valence-electron chi connectivity index (χ0n) is 7.53. The second-order valence-electron chi connectivity index (χ2n) is 2.85. The highest BCUT2D eigenvalue weighted by molar-refractivity contribution is 7.80. The van der Waals surface area contributed by atoms with Gasteiger partial charge in [0.2, 0.25) is 5.91 Å². The number of nitrogens with one attached hydrogen (secondary N) is 1. The van der Waals surface area contributed by atoms with Crippen LogP contribution in [0.4, 0.5) is 0 Å². The first-order valence-corrected chi connectivity index (χ1v) is 4.80. The van der Waals surface area contributed by atoms with Crippen molar-refractivity contribution in [2.24, 2.45) is 0 Å². The molecule has 0 saturated heterocycles. The minimum atomic E-state index is -0.0251. The van der Waals surface area contributed by atoms with E-state index in [1.807, 2.05) is 30.3 Å². The molecule has 0 aliphatic carbocycles. The molecule has 1 aromatic carbocycles. The maximum atomic E-state index is 10.8. The van der Waals surface area contributed by atoms with Crippen molar-refractivity contribution in [1.29, 1.82) is 0 Å². The van der Waals surface area contributed by atoms with E-state index in [0.717, 1.165) is 5.56 Å². The number of amides is 1. The molecule has 0 bridgehead atoms. The second-order valence-corrected chi connectivity index (χ2v) is 3.21. The van der Waals surface area contributed by atoms with Crippen molar-refractivity contribution >= 4 is 18.5 Å². The third kappa shape index (κ3) is 3.11. The Balaban J connectivity index is 2.73. The summed E-state index contributed by atoms with van der Waals surface area (Å²) < 4.78 is 0. The van der Waals surface area contributed by atoms with E-state index in [9.17, 15) is 4.79 Å². The van der Waals surface area contributed by atoms with Crippen LogP contribution in [-0.2, 0) is 4.79 Å². The fraction of sp³-hybridized carbons (Fsp3) is 0.300. The SMILES string of the molecule is CC(=O)NC(CS)c1ccccc1. The van der Waals surface area contributed by atoms with Crippen molar-refractivity contribution in [1.82, 2.24) is 5.32 Å². The maximum Gasteiger partial charge on any atom is 0.217 e. The van der Waals surface area contributed by atoms with E-state index in [-0.39, 0.29) is 11.9 Å². The lowest BCUT2D eigenvalue weighted by molar-refractivity contribution is -0.119. The predicted octanol–water partition coefficient (Wildman–Crippen LogP) is 1.79. The van der Waals surface area contributed by atoms with Gasteiger partial charge in [0.1, 0.15) is 0 Å². The summed E-state index contributed by atoms with van der Waals surface area (Å²) in [6.07, 6.45) is 0. The van der Waals surface area contributed by atoms with Crippen molar-refractivity contribution in [3.8, 4) is 0 Å². The quantitative estimate of drug-likeness (QED) is 0.707. The van der Waals surface area contributed by atoms with Gasteiger partial charge < -0.3 is 5.32 Å². The smallest absolute Gasteiger partial charge is 0.217 e. The average Bonchev–Trinajstić information content (AvgIpc) is 2.15. The first-order chi connectivity index (χ1) is 6.24. The summed E-state index contributed by atoms with van der Waals surface area (Å²) in [6, 6.07) is 9.84. The van der Waals surface area contributed by atoms with Crippen LogP contribution in [0.2, 0.25) is 0 Å². The van der Waals surface area contributed by atoms with Gasteiger partial charge in [-0.3, -0.25) is 4.79 Å². The lowest BCUT2D eigenvalue weighted by atomic mass is 10.1. The van der Waals surface area contributed by atoms with Crippen LogP contribution >= 0.6 is 12.6 Å². The van der Waals surface area contributed by atoms with Gasteiger partial charge in [-0.25, -0.2) is 0 Å². The first-order valence-electron chi connectivity index (χ1n) is 4.17. The molecular weight excluding hydrogens is 182 g/mol. The van der Waals surface area contributed by atoms with Crippen LogP contribution in [0.3, 0.4) is 0 Å². The number of hydrogen-bond donors (Lipinski definition) is 2. The minimum Gasteiger partial charge on any atom is -0.349 e. The number of rotatable bonds is 3. The van der Waals surface area contributed by atoms with Gasteiger partial charge in [0, 0.05) is 12.7 Å². The van der Waals surface area contributed by atoms with Crippen LogP contribution in [-0.4, -0.2) is 11.7 Å². The van der Waals surface area contributed by atoms with Gasteiger partial charge in [-0.15, -0.1) is 0 Å². The molecule has 1 unspecified atom stereocenters. The Morgan fingerprint density at radius 3 is 2.54 bits per heavy atom. The van der Waals surface area contributed by atoms with Gasteiger partial charge in [-0.1, -0.05) is 30.3 Å². The Labute approximate surface area is 83.8 Å². The van der Waals surface area contributed by atoms with E-state index in [2.05, 4.69) is 17.9 Å². The number of hydrogen-bond acceptors (Lipinski definition) is 2. The van der Waals surface area contributed by atoms with Crippen LogP contribution in [0.1, 0.15) is 18.5 Å². The Kier molecular flexibility index (Phi) is 3.83. The first kappa shape index (κ1) is 10.1. The maximum absolute atomic E-state index is 10.8. The fourth-order valence-electron chi connectivity index (χ4n) is 1.17. The molecule has 0 spiro atoms. The van der Waals surface area contributed by atoms with Gasteiger partial charge in [0.25, 0.3) is 0 Å². The summed E-state index contributed by atoms with van der Waals surface area (Å²) in [4.78, 5) is 10.8. The lowest BCUT2D eigenvalue weighted by Gasteiger charge is -2.15. The van der Waals surface area contributed by atoms with Crippen molar-refractivity contribution < 1.29 is 4.79 Å². The van der Waals surface area contributed by atoms with E-state index < -0.39 is 0 Å². The Bertz CT molecular complexity index is 274. The molecule has 0 heterocycles. The van der Waals surface area contributed by atoms with E-state index in [4.69, 9.17) is 0 Å². The monoisotopic (exact) mass is 195 g/mol. The summed E-state index contributed by atoms with van der Waals surface area (Å²) in [5, 5.41) is 2.83. The van der Waals surface area contributed by atoms with Crippen molar-refractivity contribution in [2.45, 2.75) is 13.0 Å². The molecule has 70 valence electrons. The molecule has 0 saturated carbocycles. The molecule has 0 aromatic heterocycles. The summed E-state index contributed by atoms with van der Waals surface area (Å²) in [5.74, 6) is 0.590. The predicted molar refractivity (Wildman–Crippen MR) is 56.9 cm³/mol. The summed E-state index contributed by atoms with van der Waals surface area (Å²) in [7, 11) is 0. The fourth-order valence-corrected chi connectivity index (χ4v) is 1.47. The Morgan fingerprint density at radius 2 is 2.08 bits per heavy atom. The molecule has 3 heteroatoms. The minimum absolute atomic E-state index is 0.0158. The normalized spacial score (nSPS) is 12.2. The van der Waals surface area contributed by atoms with Crippen LogP contribution < -0.4 is 5.32 Å². The molecule has 0 fully saturated rings. The topological polar surface area (TPSA) is 29.1 Å². The van der Waals surface area contributed by atoms with E-state index in [1.54, 1.807) is 0 Å². The zero-order chi connectivity index (χ0) is 9.68. The van der Waals surface area contributed by atoms with Crippen molar-refractivity contribution in [3.05, 3.63) is 35.9 Å². The molecular formula is C10H13NOS. The van der Waals surface area contributed by atoms with Crippen LogP contribution in [0.5, 0.6) is 0 Å². The molecule has 1 rings (SSSR count). The van der Waals surface area contributed by atoms with Crippen molar-refractivity contribution in [3.63, 3.8) is 0 Å². The second kappa shape index (κ2) is 4.92. The van der Waals surface area contributed by atoms with E-state index >= 15 is 0 Å². The molecule has 1 atom stereocenters. The van der Waals surface area contributed by atoms with Crippen LogP contribution in [0, 0.1) is 0 Å². The highest BCUT2D eigenvalue weighted by Gasteiger charge is 2.08. The van der Waals surface area contributed by atoms with E-state index in [1.165, 1.54) is 6.92 Å². The van der Waals surface area contributed by atoms with Crippen LogP contribution in [0.15, 0.2) is 30.3 Å². The van der Waals surface area contributed by atoms with Gasteiger partial charge in [0.05, 0.1) is 6.04 Å². The van der Waals surface area contributed by atoms with Gasteiger partial charge in [-0.2, -0.15) is 12.6 Å². The summed E-state index contributed by atoms with van der Waals surface area (Å²) in [6.45, 7) is 1.51. The molecule has 0 radical (unpaired) electrons.